The minimum absolute atomic E-state index is 0.0570. The molecule has 1 rings (SSSR count). The molecular weight excluding hydrogens is 395 g/mol. The number of halogens is 3. The highest BCUT2D eigenvalue weighted by Gasteiger charge is 2.26. The van der Waals surface area contributed by atoms with E-state index in [4.69, 9.17) is 41.2 Å². The summed E-state index contributed by atoms with van der Waals surface area (Å²) in [7, 11) is -2.36. The average molecular weight is 406 g/mol. The molecule has 0 amide bonds. The van der Waals surface area contributed by atoms with Crippen molar-refractivity contribution in [3.8, 4) is 0 Å². The third-order valence-corrected chi connectivity index (χ3v) is 5.75. The lowest BCUT2D eigenvalue weighted by atomic mass is 10.4. The van der Waals surface area contributed by atoms with Gasteiger partial charge in [-0.3, -0.25) is 0 Å². The van der Waals surface area contributed by atoms with Crippen LogP contribution in [-0.2, 0) is 10.0 Å². The van der Waals surface area contributed by atoms with Crippen molar-refractivity contribution in [3.63, 3.8) is 0 Å². The smallest absolute Gasteiger partial charge is 0.245 e. The van der Waals surface area contributed by atoms with E-state index in [1.165, 1.54) is 19.2 Å². The molecule has 0 bridgehead atoms. The lowest BCUT2D eigenvalue weighted by Crippen LogP contribution is -2.30. The molecule has 0 aromatic heterocycles. The summed E-state index contributed by atoms with van der Waals surface area (Å²) in [5, 5.41) is 0.114. The monoisotopic (exact) mass is 404 g/mol. The second kappa shape index (κ2) is 6.69. The lowest BCUT2D eigenvalue weighted by Gasteiger charge is -2.18. The van der Waals surface area contributed by atoms with E-state index in [2.05, 4.69) is 15.9 Å². The lowest BCUT2D eigenvalue weighted by molar-refractivity contribution is 0.479. The van der Waals surface area contributed by atoms with Crippen molar-refractivity contribution in [3.05, 3.63) is 26.7 Å². The fourth-order valence-corrected chi connectivity index (χ4v) is 4.46. The van der Waals surface area contributed by atoms with Crippen LogP contribution in [0.5, 0.6) is 0 Å². The van der Waals surface area contributed by atoms with Crippen molar-refractivity contribution in [1.29, 1.82) is 0 Å². The zero-order valence-electron chi connectivity index (χ0n) is 9.86. The molecule has 0 aliphatic rings. The third kappa shape index (κ3) is 4.27. The van der Waals surface area contributed by atoms with E-state index < -0.39 is 10.0 Å². The Balaban J connectivity index is 3.17. The third-order valence-electron chi connectivity index (χ3n) is 2.30. The minimum atomic E-state index is -3.78. The van der Waals surface area contributed by atoms with Gasteiger partial charge in [0.15, 0.2) is 0 Å². The standard InChI is InChI=1S/C10H11BrCl2N2O2S2/c1-15(3-2-9(14)18)19(16,17)10-7(12)4-6(11)5-8(10)13/h4-5H,2-3H2,1H3,(H2,14,18). The van der Waals surface area contributed by atoms with Crippen molar-refractivity contribution in [1.82, 2.24) is 4.31 Å². The van der Waals surface area contributed by atoms with Gasteiger partial charge in [0, 0.05) is 24.5 Å². The van der Waals surface area contributed by atoms with Crippen molar-refractivity contribution >= 4 is 66.4 Å². The van der Waals surface area contributed by atoms with E-state index in [0.717, 1.165) is 4.31 Å². The van der Waals surface area contributed by atoms with Crippen molar-refractivity contribution in [2.45, 2.75) is 11.3 Å². The van der Waals surface area contributed by atoms with Crippen LogP contribution in [0.1, 0.15) is 6.42 Å². The number of nitrogens with two attached hydrogens (primary N) is 1. The zero-order valence-corrected chi connectivity index (χ0v) is 14.6. The first-order valence-electron chi connectivity index (χ1n) is 5.05. The van der Waals surface area contributed by atoms with Gasteiger partial charge in [0.2, 0.25) is 10.0 Å². The van der Waals surface area contributed by atoms with Crippen LogP contribution in [0.4, 0.5) is 0 Å². The Bertz CT molecular complexity index is 585. The number of hydrogen-bond acceptors (Lipinski definition) is 3. The van der Waals surface area contributed by atoms with E-state index in [1.54, 1.807) is 0 Å². The molecule has 106 valence electrons. The summed E-state index contributed by atoms with van der Waals surface area (Å²) in [6.07, 6.45) is 0.289. The van der Waals surface area contributed by atoms with Crippen LogP contribution in [0.15, 0.2) is 21.5 Å². The highest BCUT2D eigenvalue weighted by atomic mass is 79.9. The van der Waals surface area contributed by atoms with Gasteiger partial charge in [-0.1, -0.05) is 51.3 Å². The maximum absolute atomic E-state index is 12.4. The van der Waals surface area contributed by atoms with Crippen LogP contribution in [0.2, 0.25) is 10.0 Å². The Morgan fingerprint density at radius 2 is 1.89 bits per heavy atom. The first kappa shape index (κ1) is 17.1. The highest BCUT2D eigenvalue weighted by molar-refractivity contribution is 9.10. The minimum Gasteiger partial charge on any atom is -0.393 e. The van der Waals surface area contributed by atoms with Gasteiger partial charge in [-0.2, -0.15) is 0 Å². The number of sulfonamides is 1. The molecule has 0 saturated heterocycles. The molecule has 0 atom stereocenters. The topological polar surface area (TPSA) is 63.4 Å². The Morgan fingerprint density at radius 3 is 2.32 bits per heavy atom. The van der Waals surface area contributed by atoms with Crippen LogP contribution < -0.4 is 5.73 Å². The fraction of sp³-hybridized carbons (Fsp3) is 0.300. The van der Waals surface area contributed by atoms with E-state index >= 15 is 0 Å². The van der Waals surface area contributed by atoms with Gasteiger partial charge in [0.05, 0.1) is 15.0 Å². The summed E-state index contributed by atoms with van der Waals surface area (Å²) in [4.78, 5) is 0.125. The van der Waals surface area contributed by atoms with Crippen LogP contribution in [0, 0.1) is 0 Å². The van der Waals surface area contributed by atoms with Crippen molar-refractivity contribution < 1.29 is 8.42 Å². The van der Waals surface area contributed by atoms with Gasteiger partial charge < -0.3 is 5.73 Å². The largest absolute Gasteiger partial charge is 0.393 e. The molecule has 0 radical (unpaired) electrons. The molecule has 1 aromatic rings. The maximum atomic E-state index is 12.4. The Hall–Kier alpha value is 0.0800. The molecule has 0 fully saturated rings. The number of benzene rings is 1. The van der Waals surface area contributed by atoms with Gasteiger partial charge in [-0.25, -0.2) is 12.7 Å². The summed E-state index contributed by atoms with van der Waals surface area (Å²) in [6.45, 7) is 0.167. The molecule has 4 nitrogen and oxygen atoms in total. The summed E-state index contributed by atoms with van der Waals surface area (Å²) in [5.41, 5.74) is 5.35. The normalized spacial score (nSPS) is 11.8. The number of hydrogen-bond donors (Lipinski definition) is 1. The summed E-state index contributed by atoms with van der Waals surface area (Å²) >= 11 is 19.8. The van der Waals surface area contributed by atoms with Crippen LogP contribution in [0.3, 0.4) is 0 Å². The molecular formula is C10H11BrCl2N2O2S2. The van der Waals surface area contributed by atoms with E-state index in [-0.39, 0.29) is 32.9 Å². The highest BCUT2D eigenvalue weighted by Crippen LogP contribution is 2.34. The predicted molar refractivity (Wildman–Crippen MR) is 85.4 cm³/mol. The quantitative estimate of drug-likeness (QED) is 0.764. The molecule has 0 unspecified atom stereocenters. The number of thiocarbonyl (C=S) groups is 1. The van der Waals surface area contributed by atoms with Gasteiger partial charge in [-0.15, -0.1) is 0 Å². The van der Waals surface area contributed by atoms with Gasteiger partial charge in [-0.05, 0) is 12.1 Å². The van der Waals surface area contributed by atoms with Crippen LogP contribution >= 0.6 is 51.3 Å². The SMILES string of the molecule is CN(CCC(N)=S)S(=O)(=O)c1c(Cl)cc(Br)cc1Cl. The zero-order chi connectivity index (χ0) is 14.8. The number of rotatable bonds is 5. The van der Waals surface area contributed by atoms with E-state index in [1.807, 2.05) is 0 Å². The second-order valence-corrected chi connectivity index (χ2v) is 7.98. The second-order valence-electron chi connectivity index (χ2n) is 3.74. The Labute approximate surface area is 136 Å². The van der Waals surface area contributed by atoms with Crippen LogP contribution in [-0.4, -0.2) is 31.3 Å². The Morgan fingerprint density at radius 1 is 1.42 bits per heavy atom. The van der Waals surface area contributed by atoms with E-state index in [9.17, 15) is 8.42 Å². The first-order chi connectivity index (χ1) is 8.66. The predicted octanol–water partition coefficient (Wildman–Crippen LogP) is 3.05. The summed E-state index contributed by atoms with van der Waals surface area (Å²) < 4.78 is 26.4. The Kier molecular flexibility index (Phi) is 6.03. The molecule has 0 heterocycles. The van der Waals surface area contributed by atoms with E-state index in [0.29, 0.717) is 4.47 Å². The molecule has 1 aromatic carbocycles. The fourth-order valence-electron chi connectivity index (χ4n) is 1.32. The summed E-state index contributed by atoms with van der Waals surface area (Å²) in [6, 6.07) is 2.95. The van der Waals surface area contributed by atoms with Gasteiger partial charge >= 0.3 is 0 Å². The summed E-state index contributed by atoms with van der Waals surface area (Å²) in [5.74, 6) is 0. The number of nitrogens with zero attached hydrogens (tertiary/aromatic N) is 1. The molecule has 2 N–H and O–H groups in total. The average Bonchev–Trinajstić information content (AvgIpc) is 2.23. The molecule has 0 spiro atoms. The van der Waals surface area contributed by atoms with Crippen LogP contribution in [0.25, 0.3) is 0 Å². The first-order valence-corrected chi connectivity index (χ1v) is 8.45. The maximum Gasteiger partial charge on any atom is 0.245 e. The van der Waals surface area contributed by atoms with Crippen molar-refractivity contribution in [2.75, 3.05) is 13.6 Å². The molecule has 19 heavy (non-hydrogen) atoms. The molecule has 0 saturated carbocycles. The van der Waals surface area contributed by atoms with Gasteiger partial charge in [0.1, 0.15) is 4.90 Å². The van der Waals surface area contributed by atoms with Crippen molar-refractivity contribution in [2.24, 2.45) is 5.73 Å². The molecule has 9 heteroatoms. The molecule has 0 aliphatic carbocycles. The van der Waals surface area contributed by atoms with Gasteiger partial charge in [0.25, 0.3) is 0 Å². The molecule has 0 aliphatic heterocycles.